The second kappa shape index (κ2) is 6.35. The lowest BCUT2D eigenvalue weighted by atomic mass is 9.97. The molecule has 0 aromatic carbocycles. The lowest BCUT2D eigenvalue weighted by Crippen LogP contribution is -2.40. The predicted octanol–water partition coefficient (Wildman–Crippen LogP) is 0.0953. The lowest BCUT2D eigenvalue weighted by Gasteiger charge is -2.29. The molecule has 2 rings (SSSR count). The molecule has 21 heavy (non-hydrogen) atoms. The van der Waals surface area contributed by atoms with E-state index < -0.39 is 10.0 Å². The van der Waals surface area contributed by atoms with Crippen molar-refractivity contribution in [2.45, 2.75) is 12.8 Å². The molecule has 1 fully saturated rings. The van der Waals surface area contributed by atoms with Gasteiger partial charge in [0.1, 0.15) is 12.1 Å². The molecule has 0 atom stereocenters. The Kier molecular flexibility index (Phi) is 4.73. The number of sulfonamides is 1. The molecule has 0 spiro atoms. The van der Waals surface area contributed by atoms with Crippen LogP contribution in [-0.4, -0.2) is 55.1 Å². The average molecular weight is 314 g/mol. The molecule has 116 valence electrons. The maximum atomic E-state index is 12.1. The van der Waals surface area contributed by atoms with Crippen LogP contribution in [0.5, 0.6) is 5.88 Å². The molecule has 0 bridgehead atoms. The van der Waals surface area contributed by atoms with Crippen LogP contribution in [-0.2, 0) is 14.8 Å². The molecular formula is C12H18N4O4S. The summed E-state index contributed by atoms with van der Waals surface area (Å²) in [6.07, 6.45) is 3.49. The Morgan fingerprint density at radius 2 is 2.05 bits per heavy atom. The molecular weight excluding hydrogens is 296 g/mol. The van der Waals surface area contributed by atoms with Crippen molar-refractivity contribution in [2.75, 3.05) is 31.8 Å². The van der Waals surface area contributed by atoms with E-state index in [9.17, 15) is 13.2 Å². The Labute approximate surface area is 123 Å². The zero-order chi connectivity index (χ0) is 15.5. The molecule has 1 aliphatic heterocycles. The standard InChI is InChI=1S/C12H18N4O4S/c1-20-11-7-10(13-8-14-11)15-12(17)9-3-5-16(6-4-9)21(2,18)19/h7-9H,3-6H2,1-2H3,(H,13,14,15,17). The number of anilines is 1. The molecule has 1 N–H and O–H groups in total. The zero-order valence-electron chi connectivity index (χ0n) is 11.9. The van der Waals surface area contributed by atoms with Gasteiger partial charge in [-0.1, -0.05) is 0 Å². The summed E-state index contributed by atoms with van der Waals surface area (Å²) >= 11 is 0. The smallest absolute Gasteiger partial charge is 0.228 e. The summed E-state index contributed by atoms with van der Waals surface area (Å²) in [5.74, 6) is 0.359. The molecule has 0 radical (unpaired) electrons. The topological polar surface area (TPSA) is 101 Å². The summed E-state index contributed by atoms with van der Waals surface area (Å²) in [6, 6.07) is 1.53. The highest BCUT2D eigenvalue weighted by Crippen LogP contribution is 2.21. The zero-order valence-corrected chi connectivity index (χ0v) is 12.8. The Balaban J connectivity index is 1.93. The molecule has 1 amide bonds. The molecule has 0 saturated carbocycles. The average Bonchev–Trinajstić information content (AvgIpc) is 2.46. The largest absolute Gasteiger partial charge is 0.481 e. The molecule has 1 aromatic rings. The van der Waals surface area contributed by atoms with Crippen LogP contribution in [0.2, 0.25) is 0 Å². The fourth-order valence-electron chi connectivity index (χ4n) is 2.20. The predicted molar refractivity (Wildman–Crippen MR) is 76.4 cm³/mol. The van der Waals surface area contributed by atoms with Gasteiger partial charge in [-0.2, -0.15) is 0 Å². The van der Waals surface area contributed by atoms with Crippen LogP contribution in [0.15, 0.2) is 12.4 Å². The second-order valence-corrected chi connectivity index (χ2v) is 6.85. The van der Waals surface area contributed by atoms with Gasteiger partial charge >= 0.3 is 0 Å². The van der Waals surface area contributed by atoms with Gasteiger partial charge in [-0.25, -0.2) is 22.7 Å². The van der Waals surface area contributed by atoms with Gasteiger partial charge in [-0.3, -0.25) is 4.79 Å². The third kappa shape index (κ3) is 4.11. The van der Waals surface area contributed by atoms with E-state index in [4.69, 9.17) is 4.74 Å². The first-order valence-electron chi connectivity index (χ1n) is 6.52. The van der Waals surface area contributed by atoms with Crippen molar-refractivity contribution in [1.82, 2.24) is 14.3 Å². The van der Waals surface area contributed by atoms with Crippen LogP contribution >= 0.6 is 0 Å². The molecule has 1 aromatic heterocycles. The molecule has 9 heteroatoms. The van der Waals surface area contributed by atoms with E-state index in [1.807, 2.05) is 0 Å². The highest BCUT2D eigenvalue weighted by atomic mass is 32.2. The first-order chi connectivity index (χ1) is 9.90. The van der Waals surface area contributed by atoms with Gasteiger partial charge in [-0.05, 0) is 12.8 Å². The van der Waals surface area contributed by atoms with E-state index in [0.717, 1.165) is 0 Å². The Morgan fingerprint density at radius 1 is 1.38 bits per heavy atom. The van der Waals surface area contributed by atoms with Crippen LogP contribution in [0.1, 0.15) is 12.8 Å². The number of hydrogen-bond acceptors (Lipinski definition) is 6. The minimum atomic E-state index is -3.18. The third-order valence-corrected chi connectivity index (χ3v) is 4.70. The monoisotopic (exact) mass is 314 g/mol. The fourth-order valence-corrected chi connectivity index (χ4v) is 3.07. The van der Waals surface area contributed by atoms with Crippen molar-refractivity contribution in [3.8, 4) is 5.88 Å². The number of aromatic nitrogens is 2. The summed E-state index contributed by atoms with van der Waals surface area (Å²) in [6.45, 7) is 0.730. The number of rotatable bonds is 4. The van der Waals surface area contributed by atoms with Gasteiger partial charge in [0.15, 0.2) is 0 Å². The van der Waals surface area contributed by atoms with Crippen LogP contribution in [0, 0.1) is 5.92 Å². The molecule has 2 heterocycles. The van der Waals surface area contributed by atoms with Crippen molar-refractivity contribution >= 4 is 21.7 Å². The van der Waals surface area contributed by atoms with E-state index in [1.54, 1.807) is 0 Å². The molecule has 1 saturated heterocycles. The highest BCUT2D eigenvalue weighted by Gasteiger charge is 2.29. The Morgan fingerprint density at radius 3 is 2.62 bits per heavy atom. The summed E-state index contributed by atoms with van der Waals surface area (Å²) in [5, 5.41) is 2.70. The number of nitrogens with one attached hydrogen (secondary N) is 1. The number of hydrogen-bond donors (Lipinski definition) is 1. The summed E-state index contributed by atoms with van der Waals surface area (Å²) in [4.78, 5) is 19.9. The molecule has 0 aliphatic carbocycles. The van der Waals surface area contributed by atoms with Crippen LogP contribution in [0.3, 0.4) is 0 Å². The van der Waals surface area contributed by atoms with Crippen molar-refractivity contribution in [3.63, 3.8) is 0 Å². The van der Waals surface area contributed by atoms with E-state index in [2.05, 4.69) is 15.3 Å². The maximum absolute atomic E-state index is 12.1. The summed E-state index contributed by atoms with van der Waals surface area (Å²) in [7, 11) is -1.70. The number of amides is 1. The number of methoxy groups -OCH3 is 1. The van der Waals surface area contributed by atoms with Gasteiger partial charge in [0.25, 0.3) is 0 Å². The second-order valence-electron chi connectivity index (χ2n) is 4.87. The van der Waals surface area contributed by atoms with Gasteiger partial charge in [-0.15, -0.1) is 0 Å². The SMILES string of the molecule is COc1cc(NC(=O)C2CCN(S(C)(=O)=O)CC2)ncn1. The van der Waals surface area contributed by atoms with E-state index >= 15 is 0 Å². The molecule has 8 nitrogen and oxygen atoms in total. The van der Waals surface area contributed by atoms with Crippen LogP contribution < -0.4 is 10.1 Å². The minimum Gasteiger partial charge on any atom is -0.481 e. The number of piperidine rings is 1. The number of nitrogens with zero attached hydrogens (tertiary/aromatic N) is 3. The van der Waals surface area contributed by atoms with E-state index in [0.29, 0.717) is 37.6 Å². The van der Waals surface area contributed by atoms with Crippen molar-refractivity contribution in [2.24, 2.45) is 5.92 Å². The van der Waals surface area contributed by atoms with Gasteiger partial charge in [0.05, 0.1) is 13.4 Å². The highest BCUT2D eigenvalue weighted by molar-refractivity contribution is 7.88. The number of carbonyl (C=O) groups is 1. The van der Waals surface area contributed by atoms with Gasteiger partial charge in [0, 0.05) is 25.1 Å². The first kappa shape index (κ1) is 15.6. The van der Waals surface area contributed by atoms with Crippen LogP contribution in [0.4, 0.5) is 5.82 Å². The van der Waals surface area contributed by atoms with E-state index in [1.165, 1.54) is 30.1 Å². The molecule has 0 unspecified atom stereocenters. The van der Waals surface area contributed by atoms with Crippen molar-refractivity contribution in [3.05, 3.63) is 12.4 Å². The quantitative estimate of drug-likeness (QED) is 0.845. The van der Waals surface area contributed by atoms with Crippen molar-refractivity contribution in [1.29, 1.82) is 0 Å². The maximum Gasteiger partial charge on any atom is 0.228 e. The van der Waals surface area contributed by atoms with Crippen molar-refractivity contribution < 1.29 is 17.9 Å². The third-order valence-electron chi connectivity index (χ3n) is 3.40. The number of ether oxygens (including phenoxy) is 1. The fraction of sp³-hybridized carbons (Fsp3) is 0.583. The Hall–Kier alpha value is -1.74. The van der Waals surface area contributed by atoms with Gasteiger partial charge in [0.2, 0.25) is 21.8 Å². The molecule has 1 aliphatic rings. The van der Waals surface area contributed by atoms with E-state index in [-0.39, 0.29) is 11.8 Å². The minimum absolute atomic E-state index is 0.163. The first-order valence-corrected chi connectivity index (χ1v) is 8.37. The lowest BCUT2D eigenvalue weighted by molar-refractivity contribution is -0.120. The van der Waals surface area contributed by atoms with Crippen LogP contribution in [0.25, 0.3) is 0 Å². The van der Waals surface area contributed by atoms with Gasteiger partial charge < -0.3 is 10.1 Å². The summed E-state index contributed by atoms with van der Waals surface area (Å²) in [5.41, 5.74) is 0. The Bertz CT molecular complexity index is 611. The number of carbonyl (C=O) groups excluding carboxylic acids is 1. The summed E-state index contributed by atoms with van der Waals surface area (Å²) < 4.78 is 29.2. The normalized spacial score (nSPS) is 17.4.